The lowest BCUT2D eigenvalue weighted by molar-refractivity contribution is 0.681. The molecule has 0 amide bonds. The van der Waals surface area contributed by atoms with Crippen molar-refractivity contribution in [1.29, 1.82) is 0 Å². The first-order valence-corrected chi connectivity index (χ1v) is 6.13. The van der Waals surface area contributed by atoms with Crippen molar-refractivity contribution in [3.8, 4) is 0 Å². The summed E-state index contributed by atoms with van der Waals surface area (Å²) in [7, 11) is -0.618. The molecule has 1 nitrogen and oxygen atoms in total. The molecule has 0 aromatic heterocycles. The molecule has 0 saturated carbocycles. The summed E-state index contributed by atoms with van der Waals surface area (Å²) in [5.74, 6) is 3.29. The van der Waals surface area contributed by atoms with Gasteiger partial charge in [-0.1, -0.05) is 0 Å². The summed E-state index contributed by atoms with van der Waals surface area (Å²) in [4.78, 5) is 0. The molecule has 0 aromatic carbocycles. The number of rotatable bonds is 6. The maximum absolute atomic E-state index is 11.0. The van der Waals surface area contributed by atoms with E-state index in [9.17, 15) is 4.21 Å². The van der Waals surface area contributed by atoms with E-state index in [0.29, 0.717) is 0 Å². The van der Waals surface area contributed by atoms with E-state index in [1.165, 1.54) is 0 Å². The van der Waals surface area contributed by atoms with Crippen LogP contribution >= 0.6 is 25.3 Å². The monoisotopic (exact) mass is 198 g/mol. The average molecular weight is 198 g/mol. The molecule has 0 heterocycles. The zero-order chi connectivity index (χ0) is 7.82. The smallest absolute Gasteiger partial charge is 0.0242 e. The van der Waals surface area contributed by atoms with Gasteiger partial charge in [-0.2, -0.15) is 25.3 Å². The van der Waals surface area contributed by atoms with Gasteiger partial charge in [-0.05, 0) is 24.3 Å². The molecule has 0 aliphatic heterocycles. The van der Waals surface area contributed by atoms with E-state index in [2.05, 4.69) is 25.3 Å². The zero-order valence-corrected chi connectivity index (χ0v) is 8.56. The van der Waals surface area contributed by atoms with E-state index < -0.39 is 10.8 Å². The van der Waals surface area contributed by atoms with E-state index in [1.54, 1.807) is 0 Å². The standard InChI is InChI=1S/C6H14OS3/c7-10(5-1-3-8)6-2-4-9/h8-9H,1-6H2. The summed E-state index contributed by atoms with van der Waals surface area (Å²) >= 11 is 8.07. The minimum absolute atomic E-state index is 0.618. The maximum Gasteiger partial charge on any atom is 0.0242 e. The van der Waals surface area contributed by atoms with Gasteiger partial charge < -0.3 is 0 Å². The second kappa shape index (κ2) is 7.95. The van der Waals surface area contributed by atoms with Gasteiger partial charge in [0.05, 0.1) is 0 Å². The van der Waals surface area contributed by atoms with Crippen LogP contribution in [0.2, 0.25) is 0 Å². The molecular formula is C6H14OS3. The molecule has 0 rings (SSSR count). The Balaban J connectivity index is 3.09. The summed E-state index contributed by atoms with van der Waals surface area (Å²) in [6.07, 6.45) is 1.92. The topological polar surface area (TPSA) is 17.1 Å². The molecule has 62 valence electrons. The van der Waals surface area contributed by atoms with Crippen molar-refractivity contribution in [3.63, 3.8) is 0 Å². The quantitative estimate of drug-likeness (QED) is 0.617. The van der Waals surface area contributed by atoms with Crippen LogP contribution in [-0.4, -0.2) is 27.2 Å². The van der Waals surface area contributed by atoms with Gasteiger partial charge in [0.15, 0.2) is 0 Å². The number of hydrogen-bond donors (Lipinski definition) is 2. The van der Waals surface area contributed by atoms with Crippen LogP contribution in [0.1, 0.15) is 12.8 Å². The van der Waals surface area contributed by atoms with Crippen LogP contribution in [-0.2, 0) is 10.8 Å². The van der Waals surface area contributed by atoms with Gasteiger partial charge in [-0.25, -0.2) is 0 Å². The Morgan fingerprint density at radius 1 is 1.00 bits per heavy atom. The second-order valence-corrected chi connectivity index (χ2v) is 4.59. The van der Waals surface area contributed by atoms with Crippen LogP contribution in [0.5, 0.6) is 0 Å². The highest BCUT2D eigenvalue weighted by Crippen LogP contribution is 1.93. The molecule has 0 aliphatic rings. The Morgan fingerprint density at radius 3 is 1.70 bits per heavy atom. The Morgan fingerprint density at radius 2 is 1.40 bits per heavy atom. The summed E-state index contributed by atoms with van der Waals surface area (Å²) in [5, 5.41) is 0. The largest absolute Gasteiger partial charge is 0.260 e. The van der Waals surface area contributed by atoms with E-state index in [4.69, 9.17) is 0 Å². The Hall–Kier alpha value is 0.850. The van der Waals surface area contributed by atoms with Crippen LogP contribution in [0.25, 0.3) is 0 Å². The molecule has 0 N–H and O–H groups in total. The van der Waals surface area contributed by atoms with E-state index in [1.807, 2.05) is 0 Å². The first-order valence-electron chi connectivity index (χ1n) is 3.38. The molecule has 0 radical (unpaired) electrons. The van der Waals surface area contributed by atoms with E-state index in [-0.39, 0.29) is 0 Å². The lowest BCUT2D eigenvalue weighted by atomic mass is 10.6. The highest BCUT2D eigenvalue weighted by molar-refractivity contribution is 7.85. The minimum atomic E-state index is -0.618. The van der Waals surface area contributed by atoms with Gasteiger partial charge in [0.25, 0.3) is 0 Å². The van der Waals surface area contributed by atoms with Crippen molar-refractivity contribution in [2.45, 2.75) is 12.8 Å². The Bertz CT molecular complexity index is 85.0. The van der Waals surface area contributed by atoms with Crippen molar-refractivity contribution in [2.24, 2.45) is 0 Å². The maximum atomic E-state index is 11.0. The fourth-order valence-corrected chi connectivity index (χ4v) is 2.43. The summed E-state index contributed by atoms with van der Waals surface area (Å²) in [6.45, 7) is 0. The normalized spacial score (nSPS) is 10.7. The third-order valence-electron chi connectivity index (χ3n) is 1.06. The molecule has 0 spiro atoms. The predicted octanol–water partition coefficient (Wildman–Crippen LogP) is 1.37. The van der Waals surface area contributed by atoms with Crippen LogP contribution in [0.15, 0.2) is 0 Å². The van der Waals surface area contributed by atoms with Gasteiger partial charge in [0, 0.05) is 22.3 Å². The summed E-state index contributed by atoms with van der Waals surface area (Å²) in [6, 6.07) is 0. The van der Waals surface area contributed by atoms with Gasteiger partial charge in [-0.3, -0.25) is 4.21 Å². The van der Waals surface area contributed by atoms with Gasteiger partial charge in [-0.15, -0.1) is 0 Å². The van der Waals surface area contributed by atoms with Crippen molar-refractivity contribution in [2.75, 3.05) is 23.0 Å². The van der Waals surface area contributed by atoms with Crippen LogP contribution < -0.4 is 0 Å². The second-order valence-electron chi connectivity index (χ2n) is 2.00. The first-order chi connectivity index (χ1) is 4.81. The highest BCUT2D eigenvalue weighted by atomic mass is 32.2. The minimum Gasteiger partial charge on any atom is -0.260 e. The molecule has 0 unspecified atom stereocenters. The number of thiol groups is 2. The molecule has 0 aromatic rings. The molecule has 0 fully saturated rings. The lowest BCUT2D eigenvalue weighted by Gasteiger charge is -1.97. The molecular weight excluding hydrogens is 184 g/mol. The lowest BCUT2D eigenvalue weighted by Crippen LogP contribution is -2.03. The van der Waals surface area contributed by atoms with Crippen LogP contribution in [0.3, 0.4) is 0 Å². The first kappa shape index (κ1) is 10.8. The zero-order valence-electron chi connectivity index (χ0n) is 5.95. The third kappa shape index (κ3) is 6.96. The molecule has 0 bridgehead atoms. The van der Waals surface area contributed by atoms with Crippen LogP contribution in [0, 0.1) is 0 Å². The molecule has 4 heteroatoms. The Labute approximate surface area is 76.2 Å². The third-order valence-corrected chi connectivity index (χ3v) is 3.18. The van der Waals surface area contributed by atoms with Gasteiger partial charge >= 0.3 is 0 Å². The van der Waals surface area contributed by atoms with Crippen molar-refractivity contribution >= 4 is 36.1 Å². The summed E-state index contributed by atoms with van der Waals surface area (Å²) < 4.78 is 11.0. The SMILES string of the molecule is O=S(CCCS)CCCS. The van der Waals surface area contributed by atoms with E-state index in [0.717, 1.165) is 35.9 Å². The average Bonchev–Trinajstić information content (AvgIpc) is 1.97. The Kier molecular flexibility index (Phi) is 8.63. The van der Waals surface area contributed by atoms with Crippen molar-refractivity contribution in [1.82, 2.24) is 0 Å². The summed E-state index contributed by atoms with van der Waals surface area (Å²) in [5.41, 5.74) is 0. The number of hydrogen-bond acceptors (Lipinski definition) is 3. The fraction of sp³-hybridized carbons (Fsp3) is 1.00. The predicted molar refractivity (Wildman–Crippen MR) is 54.8 cm³/mol. The van der Waals surface area contributed by atoms with Crippen molar-refractivity contribution in [3.05, 3.63) is 0 Å². The highest BCUT2D eigenvalue weighted by Gasteiger charge is 1.96. The molecule has 0 aliphatic carbocycles. The van der Waals surface area contributed by atoms with Gasteiger partial charge in [0.1, 0.15) is 0 Å². The molecule has 10 heavy (non-hydrogen) atoms. The van der Waals surface area contributed by atoms with Gasteiger partial charge in [0.2, 0.25) is 0 Å². The molecule has 0 saturated heterocycles. The van der Waals surface area contributed by atoms with Crippen LogP contribution in [0.4, 0.5) is 0 Å². The molecule has 0 atom stereocenters. The fourth-order valence-electron chi connectivity index (χ4n) is 0.553. The van der Waals surface area contributed by atoms with Crippen molar-refractivity contribution < 1.29 is 4.21 Å². The van der Waals surface area contributed by atoms with E-state index >= 15 is 0 Å².